The Balaban J connectivity index is 1.70. The van der Waals surface area contributed by atoms with Crippen LogP contribution in [0.15, 0.2) is 54.6 Å². The maximum absolute atomic E-state index is 13.8. The summed E-state index contributed by atoms with van der Waals surface area (Å²) in [5, 5.41) is 6.99. The molecule has 4 rings (SSSR count). The van der Waals surface area contributed by atoms with Crippen molar-refractivity contribution in [2.45, 2.75) is 59.4 Å². The molecule has 0 aliphatic heterocycles. The van der Waals surface area contributed by atoms with Gasteiger partial charge in [0, 0.05) is 12.6 Å². The normalized spacial score (nSPS) is 13.1. The number of aryl methyl sites for hydroxylation is 3. The van der Waals surface area contributed by atoms with Crippen molar-refractivity contribution >= 4 is 29.3 Å². The van der Waals surface area contributed by atoms with Gasteiger partial charge in [0.2, 0.25) is 0 Å². The molecule has 204 valence electrons. The predicted molar refractivity (Wildman–Crippen MR) is 152 cm³/mol. The molecule has 3 aromatic carbocycles. The molecule has 1 aliphatic rings. The number of methoxy groups -OCH3 is 1. The molecule has 0 spiro atoms. The van der Waals surface area contributed by atoms with Gasteiger partial charge in [-0.3, -0.25) is 9.59 Å². The van der Waals surface area contributed by atoms with Crippen LogP contribution in [0.4, 0.5) is 16.2 Å². The number of rotatable bonds is 6. The summed E-state index contributed by atoms with van der Waals surface area (Å²) in [5.41, 5.74) is 5.92. The first kappa shape index (κ1) is 27.7. The van der Waals surface area contributed by atoms with Crippen LogP contribution >= 0.6 is 0 Å². The Morgan fingerprint density at radius 3 is 2.05 bits per heavy atom. The maximum Gasteiger partial charge on any atom is 0.329 e. The molecule has 0 unspecified atom stereocenters. The standard InChI is InChI=1S/C31H35N3O5/c1-19-16-20(2)29(21(3)17-19)33-31(37)32-28-18-24(23-10-13-26(38-5)14-11-23)12-15-27(28)30(36)34(39-22(4)35)25-8-6-7-9-25/h10-18,25H,6-9H2,1-5H3,(H2,32,33,37). The summed E-state index contributed by atoms with van der Waals surface area (Å²) in [4.78, 5) is 44.3. The molecule has 8 nitrogen and oxygen atoms in total. The summed E-state index contributed by atoms with van der Waals surface area (Å²) in [7, 11) is 1.60. The number of benzene rings is 3. The van der Waals surface area contributed by atoms with Crippen molar-refractivity contribution in [1.29, 1.82) is 0 Å². The zero-order valence-electron chi connectivity index (χ0n) is 23.1. The van der Waals surface area contributed by atoms with Gasteiger partial charge in [0.15, 0.2) is 0 Å². The molecular formula is C31H35N3O5. The number of hydrogen-bond donors (Lipinski definition) is 2. The average molecular weight is 530 g/mol. The SMILES string of the molecule is COc1ccc(-c2ccc(C(=O)N(OC(C)=O)C3CCCC3)c(NC(=O)Nc3c(C)cc(C)cc3C)c2)cc1. The number of hydroxylamine groups is 2. The molecule has 1 fully saturated rings. The lowest BCUT2D eigenvalue weighted by atomic mass is 10.0. The topological polar surface area (TPSA) is 97.0 Å². The lowest BCUT2D eigenvalue weighted by molar-refractivity contribution is -0.182. The summed E-state index contributed by atoms with van der Waals surface area (Å²) >= 11 is 0. The summed E-state index contributed by atoms with van der Waals surface area (Å²) in [5.74, 6) is -0.320. The van der Waals surface area contributed by atoms with E-state index in [1.807, 2.05) is 63.2 Å². The monoisotopic (exact) mass is 529 g/mol. The zero-order valence-corrected chi connectivity index (χ0v) is 23.1. The fraction of sp³-hybridized carbons (Fsp3) is 0.323. The Hall–Kier alpha value is -4.33. The fourth-order valence-corrected chi connectivity index (χ4v) is 5.12. The Morgan fingerprint density at radius 2 is 1.46 bits per heavy atom. The van der Waals surface area contributed by atoms with E-state index in [9.17, 15) is 14.4 Å². The molecule has 0 radical (unpaired) electrons. The molecule has 0 heterocycles. The van der Waals surface area contributed by atoms with Crippen LogP contribution in [0.2, 0.25) is 0 Å². The minimum Gasteiger partial charge on any atom is -0.497 e. The minimum atomic E-state index is -0.567. The second-order valence-electron chi connectivity index (χ2n) is 9.99. The van der Waals surface area contributed by atoms with Crippen LogP contribution in [0, 0.1) is 20.8 Å². The lowest BCUT2D eigenvalue weighted by Gasteiger charge is -2.27. The summed E-state index contributed by atoms with van der Waals surface area (Å²) in [6.07, 6.45) is 3.40. The molecule has 8 heteroatoms. The van der Waals surface area contributed by atoms with Crippen molar-refractivity contribution in [3.8, 4) is 16.9 Å². The van der Waals surface area contributed by atoms with Gasteiger partial charge >= 0.3 is 12.0 Å². The number of nitrogens with zero attached hydrogens (tertiary/aromatic N) is 1. The number of amides is 3. The highest BCUT2D eigenvalue weighted by Gasteiger charge is 2.32. The van der Waals surface area contributed by atoms with Crippen molar-refractivity contribution in [3.63, 3.8) is 0 Å². The zero-order chi connectivity index (χ0) is 28.1. The molecule has 0 bridgehead atoms. The second-order valence-corrected chi connectivity index (χ2v) is 9.99. The average Bonchev–Trinajstić information content (AvgIpc) is 3.44. The number of ether oxygens (including phenoxy) is 1. The third-order valence-corrected chi connectivity index (χ3v) is 6.92. The molecule has 3 aromatic rings. The van der Waals surface area contributed by atoms with E-state index in [1.54, 1.807) is 19.2 Å². The molecule has 2 N–H and O–H groups in total. The second kappa shape index (κ2) is 12.0. The van der Waals surface area contributed by atoms with Gasteiger partial charge in [-0.05, 0) is 80.1 Å². The van der Waals surface area contributed by atoms with E-state index < -0.39 is 17.9 Å². The van der Waals surface area contributed by atoms with Crippen LogP contribution in [0.5, 0.6) is 5.75 Å². The van der Waals surface area contributed by atoms with Gasteiger partial charge in [-0.2, -0.15) is 5.06 Å². The van der Waals surface area contributed by atoms with Gasteiger partial charge in [0.05, 0.1) is 24.4 Å². The van der Waals surface area contributed by atoms with E-state index in [-0.39, 0.29) is 11.6 Å². The fourth-order valence-electron chi connectivity index (χ4n) is 5.12. The number of carbonyl (C=O) groups excluding carboxylic acids is 3. The highest BCUT2D eigenvalue weighted by molar-refractivity contribution is 6.07. The quantitative estimate of drug-likeness (QED) is 0.343. The largest absolute Gasteiger partial charge is 0.497 e. The van der Waals surface area contributed by atoms with Crippen LogP contribution in [-0.4, -0.2) is 36.1 Å². The van der Waals surface area contributed by atoms with Gasteiger partial charge in [-0.1, -0.05) is 48.7 Å². The number of nitrogens with one attached hydrogen (secondary N) is 2. The molecule has 0 saturated heterocycles. The Kier molecular flexibility index (Phi) is 8.54. The van der Waals surface area contributed by atoms with Gasteiger partial charge in [0.25, 0.3) is 5.91 Å². The van der Waals surface area contributed by atoms with Gasteiger partial charge in [-0.15, -0.1) is 0 Å². The number of hydrogen-bond acceptors (Lipinski definition) is 5. The van der Waals surface area contributed by atoms with Crippen LogP contribution in [0.25, 0.3) is 11.1 Å². The summed E-state index contributed by atoms with van der Waals surface area (Å²) in [6, 6.07) is 16.0. The molecule has 3 amide bonds. The van der Waals surface area contributed by atoms with Crippen LogP contribution < -0.4 is 15.4 Å². The van der Waals surface area contributed by atoms with Crippen molar-refractivity contribution < 1.29 is 24.0 Å². The minimum absolute atomic E-state index is 0.206. The lowest BCUT2D eigenvalue weighted by Crippen LogP contribution is -2.40. The van der Waals surface area contributed by atoms with Crippen molar-refractivity contribution in [1.82, 2.24) is 5.06 Å². The first-order chi connectivity index (χ1) is 18.7. The maximum atomic E-state index is 13.8. The first-order valence-electron chi connectivity index (χ1n) is 13.1. The molecular weight excluding hydrogens is 494 g/mol. The Bertz CT molecular complexity index is 1350. The molecule has 1 saturated carbocycles. The highest BCUT2D eigenvalue weighted by atomic mass is 16.7. The Labute approximate surface area is 229 Å². The first-order valence-corrected chi connectivity index (χ1v) is 13.1. The van der Waals surface area contributed by atoms with E-state index in [2.05, 4.69) is 10.6 Å². The predicted octanol–water partition coefficient (Wildman–Crippen LogP) is 6.79. The van der Waals surface area contributed by atoms with E-state index in [0.29, 0.717) is 11.4 Å². The molecule has 1 aliphatic carbocycles. The van der Waals surface area contributed by atoms with Gasteiger partial charge in [-0.25, -0.2) is 4.79 Å². The van der Waals surface area contributed by atoms with E-state index in [0.717, 1.165) is 59.3 Å². The molecule has 39 heavy (non-hydrogen) atoms. The van der Waals surface area contributed by atoms with Crippen LogP contribution in [-0.2, 0) is 9.63 Å². The van der Waals surface area contributed by atoms with E-state index in [1.165, 1.54) is 12.0 Å². The van der Waals surface area contributed by atoms with Crippen molar-refractivity contribution in [3.05, 3.63) is 76.9 Å². The number of carbonyl (C=O) groups is 3. The Morgan fingerprint density at radius 1 is 0.846 bits per heavy atom. The van der Waals surface area contributed by atoms with E-state index >= 15 is 0 Å². The summed E-state index contributed by atoms with van der Waals surface area (Å²) in [6.45, 7) is 7.16. The van der Waals surface area contributed by atoms with Gasteiger partial charge < -0.3 is 20.2 Å². The van der Waals surface area contributed by atoms with Crippen molar-refractivity contribution in [2.24, 2.45) is 0 Å². The summed E-state index contributed by atoms with van der Waals surface area (Å²) < 4.78 is 5.27. The molecule has 0 aromatic heterocycles. The van der Waals surface area contributed by atoms with Crippen LogP contribution in [0.3, 0.4) is 0 Å². The van der Waals surface area contributed by atoms with E-state index in [4.69, 9.17) is 9.57 Å². The van der Waals surface area contributed by atoms with Crippen molar-refractivity contribution in [2.75, 3.05) is 17.7 Å². The number of urea groups is 1. The molecule has 0 atom stereocenters. The number of anilines is 2. The third kappa shape index (κ3) is 6.57. The highest BCUT2D eigenvalue weighted by Crippen LogP contribution is 2.31. The smallest absolute Gasteiger partial charge is 0.329 e. The van der Waals surface area contributed by atoms with Gasteiger partial charge in [0.1, 0.15) is 5.75 Å². The third-order valence-electron chi connectivity index (χ3n) is 6.92. The van der Waals surface area contributed by atoms with Crippen LogP contribution in [0.1, 0.15) is 59.7 Å².